The van der Waals surface area contributed by atoms with Crippen LogP contribution < -0.4 is 16.4 Å². The van der Waals surface area contributed by atoms with Crippen LogP contribution in [0.4, 0.5) is 0 Å². The third kappa shape index (κ3) is 6.19. The summed E-state index contributed by atoms with van der Waals surface area (Å²) in [5, 5.41) is 6.82. The van der Waals surface area contributed by atoms with Gasteiger partial charge in [-0.2, -0.15) is 0 Å². The molecular weight excluding hydrogens is 270 g/mol. The highest BCUT2D eigenvalue weighted by molar-refractivity contribution is 7.80. The number of hydrogen-bond donors (Lipinski definition) is 3. The van der Waals surface area contributed by atoms with Crippen LogP contribution in [0.1, 0.15) is 45.4 Å². The lowest BCUT2D eigenvalue weighted by atomic mass is 9.98. The molecule has 0 spiro atoms. The molecule has 0 radical (unpaired) electrons. The summed E-state index contributed by atoms with van der Waals surface area (Å²) >= 11 is 5.16. The predicted molar refractivity (Wildman–Crippen MR) is 87.4 cm³/mol. The summed E-state index contributed by atoms with van der Waals surface area (Å²) in [7, 11) is 0. The maximum Gasteiger partial charge on any atom is 0.122 e. The van der Waals surface area contributed by atoms with Gasteiger partial charge in [0.25, 0.3) is 0 Å². The van der Waals surface area contributed by atoms with Crippen molar-refractivity contribution in [1.82, 2.24) is 10.6 Å². The highest BCUT2D eigenvalue weighted by Crippen LogP contribution is 2.13. The molecule has 3 atom stereocenters. The van der Waals surface area contributed by atoms with E-state index in [0.717, 1.165) is 13.0 Å². The van der Waals surface area contributed by atoms with Crippen LogP contribution in [0.5, 0.6) is 0 Å². The van der Waals surface area contributed by atoms with Crippen molar-refractivity contribution in [1.29, 1.82) is 0 Å². The number of rotatable bonds is 9. The van der Waals surface area contributed by atoms with E-state index in [1.165, 1.54) is 32.1 Å². The van der Waals surface area contributed by atoms with E-state index < -0.39 is 0 Å². The van der Waals surface area contributed by atoms with Crippen molar-refractivity contribution in [3.63, 3.8) is 0 Å². The lowest BCUT2D eigenvalue weighted by Crippen LogP contribution is -2.65. The van der Waals surface area contributed by atoms with Crippen molar-refractivity contribution in [2.24, 2.45) is 5.73 Å². The number of nitrogens with two attached hydrogens (primary N) is 1. The average Bonchev–Trinajstić information content (AvgIpc) is 2.45. The minimum absolute atomic E-state index is 0.0206. The average molecular weight is 297 g/mol. The molecule has 0 amide bonds. The molecule has 3 unspecified atom stereocenters. The zero-order valence-electron chi connectivity index (χ0n) is 12.4. The van der Waals surface area contributed by atoms with E-state index in [-0.39, 0.29) is 12.3 Å². The fourth-order valence-corrected chi connectivity index (χ4v) is 2.76. The Morgan fingerprint density at radius 2 is 2.15 bits per heavy atom. The second kappa shape index (κ2) is 10.1. The molecule has 20 heavy (non-hydrogen) atoms. The van der Waals surface area contributed by atoms with Crippen molar-refractivity contribution < 1.29 is 4.74 Å². The van der Waals surface area contributed by atoms with Gasteiger partial charge in [-0.1, -0.05) is 57.2 Å². The third-order valence-corrected chi connectivity index (χ3v) is 3.88. The molecule has 5 heteroatoms. The summed E-state index contributed by atoms with van der Waals surface area (Å²) < 4.78 is 5.49. The Morgan fingerprint density at radius 1 is 1.40 bits per heavy atom. The minimum atomic E-state index is -0.117. The molecule has 0 aliphatic carbocycles. The Hall–Kier alpha value is -0.670. The largest absolute Gasteiger partial charge is 0.392 e. The number of nitrogens with one attached hydrogen (secondary N) is 2. The zero-order chi connectivity index (χ0) is 14.8. The summed E-state index contributed by atoms with van der Waals surface area (Å²) in [4.78, 5) is 0.491. The van der Waals surface area contributed by atoms with Gasteiger partial charge in [0.15, 0.2) is 0 Å². The first-order valence-corrected chi connectivity index (χ1v) is 7.93. The highest BCUT2D eigenvalue weighted by Gasteiger charge is 2.31. The standard InChI is InChI=1S/C15H27N3OS/c1-3-5-6-7-8-9-12-14(15(16)20)18-13(11-17-12)19-10-4-2/h2,12-14,17-18H,3,5-11H2,1H3,(H2,16,20). The van der Waals surface area contributed by atoms with E-state index in [4.69, 9.17) is 29.1 Å². The second-order valence-electron chi connectivity index (χ2n) is 5.27. The molecule has 1 saturated heterocycles. The first-order chi connectivity index (χ1) is 9.69. The molecule has 0 bridgehead atoms. The van der Waals surface area contributed by atoms with Crippen molar-refractivity contribution in [3.05, 3.63) is 0 Å². The summed E-state index contributed by atoms with van der Waals surface area (Å²) in [6, 6.07) is 0.271. The molecule has 1 fully saturated rings. The Balaban J connectivity index is 2.35. The number of hydrogen-bond acceptors (Lipinski definition) is 4. The van der Waals surface area contributed by atoms with Gasteiger partial charge in [-0.05, 0) is 6.42 Å². The van der Waals surface area contributed by atoms with Crippen LogP contribution in [0.2, 0.25) is 0 Å². The molecular formula is C15H27N3OS. The summed E-state index contributed by atoms with van der Waals surface area (Å²) in [6.07, 6.45) is 12.5. The fourth-order valence-electron chi connectivity index (χ4n) is 2.52. The summed E-state index contributed by atoms with van der Waals surface area (Å²) in [5.41, 5.74) is 5.83. The Morgan fingerprint density at radius 3 is 2.80 bits per heavy atom. The summed E-state index contributed by atoms with van der Waals surface area (Å²) in [6.45, 7) is 3.26. The molecule has 0 aromatic carbocycles. The van der Waals surface area contributed by atoms with E-state index in [1.54, 1.807) is 0 Å². The topological polar surface area (TPSA) is 59.3 Å². The Kier molecular flexibility index (Phi) is 8.79. The van der Waals surface area contributed by atoms with Gasteiger partial charge < -0.3 is 15.8 Å². The van der Waals surface area contributed by atoms with Gasteiger partial charge in [-0.3, -0.25) is 5.32 Å². The quantitative estimate of drug-likeness (QED) is 0.342. The maximum atomic E-state index is 5.83. The van der Waals surface area contributed by atoms with Crippen LogP contribution in [0, 0.1) is 12.3 Å². The third-order valence-electron chi connectivity index (χ3n) is 3.63. The van der Waals surface area contributed by atoms with Gasteiger partial charge in [0.1, 0.15) is 12.8 Å². The van der Waals surface area contributed by atoms with Gasteiger partial charge >= 0.3 is 0 Å². The molecule has 1 rings (SSSR count). The first kappa shape index (κ1) is 17.4. The van der Waals surface area contributed by atoms with E-state index in [1.807, 2.05) is 0 Å². The molecule has 0 saturated carbocycles. The highest BCUT2D eigenvalue weighted by atomic mass is 32.1. The van der Waals surface area contributed by atoms with Gasteiger partial charge in [0.2, 0.25) is 0 Å². The van der Waals surface area contributed by atoms with E-state index in [9.17, 15) is 0 Å². The van der Waals surface area contributed by atoms with Crippen molar-refractivity contribution in [2.45, 2.75) is 63.8 Å². The Labute approximate surface area is 128 Å². The molecule has 0 aromatic heterocycles. The minimum Gasteiger partial charge on any atom is -0.392 e. The van der Waals surface area contributed by atoms with Gasteiger partial charge in [-0.25, -0.2) is 0 Å². The van der Waals surface area contributed by atoms with Crippen molar-refractivity contribution in [3.8, 4) is 12.3 Å². The summed E-state index contributed by atoms with van der Waals surface area (Å²) in [5.74, 6) is 2.47. The Bertz CT molecular complexity index is 330. The molecule has 4 N–H and O–H groups in total. The number of ether oxygens (including phenoxy) is 1. The van der Waals surface area contributed by atoms with E-state index >= 15 is 0 Å². The smallest absolute Gasteiger partial charge is 0.122 e. The molecule has 1 aliphatic rings. The number of unbranched alkanes of at least 4 members (excludes halogenated alkanes) is 4. The van der Waals surface area contributed by atoms with Crippen LogP contribution in [-0.4, -0.2) is 36.5 Å². The van der Waals surface area contributed by atoms with E-state index in [0.29, 0.717) is 17.6 Å². The van der Waals surface area contributed by atoms with Gasteiger partial charge in [0.05, 0.1) is 11.0 Å². The molecule has 1 heterocycles. The lowest BCUT2D eigenvalue weighted by Gasteiger charge is -2.37. The van der Waals surface area contributed by atoms with Gasteiger partial charge in [0, 0.05) is 12.6 Å². The second-order valence-corrected chi connectivity index (χ2v) is 5.74. The van der Waals surface area contributed by atoms with Crippen LogP contribution >= 0.6 is 12.2 Å². The number of terminal acetylenes is 1. The zero-order valence-corrected chi connectivity index (χ0v) is 13.2. The van der Waals surface area contributed by atoms with Gasteiger partial charge in [-0.15, -0.1) is 6.42 Å². The van der Waals surface area contributed by atoms with Crippen LogP contribution in [0.25, 0.3) is 0 Å². The predicted octanol–water partition coefficient (Wildman–Crippen LogP) is 1.54. The first-order valence-electron chi connectivity index (χ1n) is 7.52. The van der Waals surface area contributed by atoms with Crippen molar-refractivity contribution >= 4 is 17.2 Å². The lowest BCUT2D eigenvalue weighted by molar-refractivity contribution is 0.0250. The fraction of sp³-hybridized carbons (Fsp3) is 0.800. The molecule has 1 aliphatic heterocycles. The van der Waals surface area contributed by atoms with Crippen LogP contribution in [-0.2, 0) is 4.74 Å². The van der Waals surface area contributed by atoms with E-state index in [2.05, 4.69) is 23.5 Å². The maximum absolute atomic E-state index is 5.83. The molecule has 114 valence electrons. The molecule has 0 aromatic rings. The number of piperazine rings is 1. The normalized spacial score (nSPS) is 26.1. The van der Waals surface area contributed by atoms with Crippen molar-refractivity contribution in [2.75, 3.05) is 13.2 Å². The van der Waals surface area contributed by atoms with Crippen LogP contribution in [0.3, 0.4) is 0 Å². The number of thiocarbonyl (C=S) groups is 1. The monoisotopic (exact) mass is 297 g/mol. The van der Waals surface area contributed by atoms with Crippen LogP contribution in [0.15, 0.2) is 0 Å². The molecule has 4 nitrogen and oxygen atoms in total. The SMILES string of the molecule is C#CCOC1CNC(CCCCCCC)C(C(N)=S)N1.